The first-order valence-corrected chi connectivity index (χ1v) is 6.57. The van der Waals surface area contributed by atoms with Crippen molar-refractivity contribution in [1.29, 1.82) is 0 Å². The van der Waals surface area contributed by atoms with Gasteiger partial charge in [-0.3, -0.25) is 4.79 Å². The summed E-state index contributed by atoms with van der Waals surface area (Å²) >= 11 is 16.8. The number of rotatable bonds is 5. The molecule has 0 heterocycles. The Hall–Kier alpha value is -1.10. The number of hydrogen-bond donors (Lipinski definition) is 0. The topological polar surface area (TPSA) is 44.8 Å². The predicted molar refractivity (Wildman–Crippen MR) is 79.2 cm³/mol. The summed E-state index contributed by atoms with van der Waals surface area (Å²) in [5.41, 5.74) is 0.511. The molecule has 0 radical (unpaired) electrons. The minimum atomic E-state index is -2.14. The average Bonchev–Trinajstić information content (AvgIpc) is 2.43. The highest BCUT2D eigenvalue weighted by Crippen LogP contribution is 2.35. The number of carbonyl (C=O) groups excluding carboxylic acids is 1. The molecule has 0 amide bonds. The Balaban J connectivity index is 3.47. The van der Waals surface area contributed by atoms with Gasteiger partial charge in [-0.15, -0.1) is 0 Å². The molecule has 0 N–H and O–H groups in total. The summed E-state index contributed by atoms with van der Waals surface area (Å²) in [5, 5.41) is 0. The minimum Gasteiger partial charge on any atom is -0.496 e. The minimum absolute atomic E-state index is 0.126. The lowest BCUT2D eigenvalue weighted by atomic mass is 10.1. The lowest BCUT2D eigenvalue weighted by molar-refractivity contribution is -0.117. The molecule has 0 fully saturated rings. The van der Waals surface area contributed by atoms with Gasteiger partial charge >= 0.3 is 0 Å². The van der Waals surface area contributed by atoms with Crippen LogP contribution in [0.4, 0.5) is 0 Å². The van der Waals surface area contributed by atoms with Crippen molar-refractivity contribution in [2.75, 3.05) is 21.3 Å². The molecular formula is C13H13Cl3O4. The smallest absolute Gasteiger partial charge is 0.256 e. The SMILES string of the molecule is COC(C(=O)C(Cl)(Cl)Cl)=C(OC)c1ccccc1OC. The molecule has 0 unspecified atom stereocenters. The van der Waals surface area contributed by atoms with E-state index in [1.54, 1.807) is 24.3 Å². The molecule has 1 aromatic rings. The molecule has 0 atom stereocenters. The zero-order valence-corrected chi connectivity index (χ0v) is 13.3. The van der Waals surface area contributed by atoms with Gasteiger partial charge in [-0.1, -0.05) is 46.9 Å². The molecule has 0 saturated carbocycles. The standard InChI is InChI=1S/C13H13Cl3O4/c1-18-9-7-5-4-6-8(9)10(19-2)11(20-3)12(17)13(14,15)16/h4-7H,1-3H3. The van der Waals surface area contributed by atoms with Gasteiger partial charge in [0, 0.05) is 0 Å². The third-order valence-corrected chi connectivity index (χ3v) is 2.94. The molecule has 1 aromatic carbocycles. The average molecular weight is 340 g/mol. The second-order valence-corrected chi connectivity index (χ2v) is 5.87. The van der Waals surface area contributed by atoms with Gasteiger partial charge in [-0.05, 0) is 12.1 Å². The number of methoxy groups -OCH3 is 3. The molecule has 0 aromatic heterocycles. The van der Waals surface area contributed by atoms with Crippen molar-refractivity contribution in [1.82, 2.24) is 0 Å². The largest absolute Gasteiger partial charge is 0.496 e. The Bertz CT molecular complexity index is 521. The van der Waals surface area contributed by atoms with Crippen molar-refractivity contribution < 1.29 is 19.0 Å². The highest BCUT2D eigenvalue weighted by molar-refractivity contribution is 6.77. The Labute approximate surface area is 132 Å². The molecule has 0 aliphatic rings. The number of para-hydroxylation sites is 1. The van der Waals surface area contributed by atoms with E-state index in [0.29, 0.717) is 11.3 Å². The van der Waals surface area contributed by atoms with E-state index in [9.17, 15) is 4.79 Å². The monoisotopic (exact) mass is 338 g/mol. The summed E-state index contributed by atoms with van der Waals surface area (Å²) < 4.78 is 13.3. The number of benzene rings is 1. The highest BCUT2D eigenvalue weighted by atomic mass is 35.6. The van der Waals surface area contributed by atoms with Crippen LogP contribution in [0.1, 0.15) is 5.56 Å². The molecule has 0 aliphatic carbocycles. The number of ether oxygens (including phenoxy) is 3. The Morgan fingerprint density at radius 1 is 1.05 bits per heavy atom. The number of allylic oxidation sites excluding steroid dienone is 1. The number of alkyl halides is 3. The zero-order chi connectivity index (χ0) is 15.3. The van der Waals surface area contributed by atoms with Gasteiger partial charge in [0.2, 0.25) is 5.76 Å². The maximum atomic E-state index is 12.1. The number of carbonyl (C=O) groups is 1. The van der Waals surface area contributed by atoms with Gasteiger partial charge in [0.1, 0.15) is 5.75 Å². The summed E-state index contributed by atoms with van der Waals surface area (Å²) in [5.74, 6) is -0.401. The van der Waals surface area contributed by atoms with Crippen molar-refractivity contribution in [3.05, 3.63) is 35.6 Å². The van der Waals surface area contributed by atoms with Crippen LogP contribution in [-0.4, -0.2) is 30.9 Å². The second-order valence-electron chi connectivity index (χ2n) is 3.59. The summed E-state index contributed by atoms with van der Waals surface area (Å²) in [4.78, 5) is 12.1. The van der Waals surface area contributed by atoms with E-state index in [-0.39, 0.29) is 11.5 Å². The highest BCUT2D eigenvalue weighted by Gasteiger charge is 2.37. The van der Waals surface area contributed by atoms with E-state index in [0.717, 1.165) is 0 Å². The van der Waals surface area contributed by atoms with E-state index >= 15 is 0 Å². The molecule has 0 aliphatic heterocycles. The van der Waals surface area contributed by atoms with Crippen molar-refractivity contribution in [3.63, 3.8) is 0 Å². The maximum absolute atomic E-state index is 12.1. The first kappa shape index (κ1) is 17.0. The number of halogens is 3. The molecule has 0 bridgehead atoms. The van der Waals surface area contributed by atoms with Crippen LogP contribution in [0.2, 0.25) is 0 Å². The van der Waals surface area contributed by atoms with Gasteiger partial charge in [0.05, 0.1) is 26.9 Å². The van der Waals surface area contributed by atoms with Crippen molar-refractivity contribution in [2.45, 2.75) is 3.79 Å². The predicted octanol–water partition coefficient (Wildman–Crippen LogP) is 3.60. The van der Waals surface area contributed by atoms with Crippen LogP contribution in [0.25, 0.3) is 5.76 Å². The second kappa shape index (κ2) is 7.07. The van der Waals surface area contributed by atoms with Gasteiger partial charge in [-0.2, -0.15) is 0 Å². The number of Topliss-reactive ketones (excluding diaryl/α,β-unsaturated/α-hetero) is 1. The summed E-state index contributed by atoms with van der Waals surface area (Å²) in [6.07, 6.45) is 0. The lowest BCUT2D eigenvalue weighted by Crippen LogP contribution is -2.23. The van der Waals surface area contributed by atoms with E-state index in [4.69, 9.17) is 49.0 Å². The first-order valence-electron chi connectivity index (χ1n) is 5.44. The third-order valence-electron chi connectivity index (χ3n) is 2.43. The molecule has 20 heavy (non-hydrogen) atoms. The van der Waals surface area contributed by atoms with Crippen LogP contribution in [-0.2, 0) is 14.3 Å². The molecule has 0 saturated heterocycles. The quantitative estimate of drug-likeness (QED) is 0.467. The van der Waals surface area contributed by atoms with Gasteiger partial charge in [0.15, 0.2) is 5.76 Å². The van der Waals surface area contributed by atoms with Crippen LogP contribution >= 0.6 is 34.8 Å². The van der Waals surface area contributed by atoms with E-state index in [1.807, 2.05) is 0 Å². The fourth-order valence-corrected chi connectivity index (χ4v) is 1.83. The zero-order valence-electron chi connectivity index (χ0n) is 11.1. The molecular weight excluding hydrogens is 326 g/mol. The van der Waals surface area contributed by atoms with E-state index in [1.165, 1.54) is 21.3 Å². The van der Waals surface area contributed by atoms with Gasteiger partial charge < -0.3 is 14.2 Å². The summed E-state index contributed by atoms with van der Waals surface area (Å²) in [6.45, 7) is 0. The van der Waals surface area contributed by atoms with E-state index < -0.39 is 9.58 Å². The van der Waals surface area contributed by atoms with E-state index in [2.05, 4.69) is 0 Å². The molecule has 110 valence electrons. The van der Waals surface area contributed by atoms with Crippen molar-refractivity contribution >= 4 is 46.3 Å². The molecule has 7 heteroatoms. The number of ketones is 1. The lowest BCUT2D eigenvalue weighted by Gasteiger charge is -2.17. The van der Waals surface area contributed by atoms with Crippen LogP contribution in [0.15, 0.2) is 30.0 Å². The summed E-state index contributed by atoms with van der Waals surface area (Å²) in [7, 11) is 4.17. The Morgan fingerprint density at radius 3 is 2.10 bits per heavy atom. The van der Waals surface area contributed by atoms with Crippen LogP contribution in [0.3, 0.4) is 0 Å². The van der Waals surface area contributed by atoms with Crippen molar-refractivity contribution in [3.8, 4) is 5.75 Å². The van der Waals surface area contributed by atoms with Crippen molar-refractivity contribution in [2.24, 2.45) is 0 Å². The summed E-state index contributed by atoms with van der Waals surface area (Å²) in [6, 6.07) is 6.94. The van der Waals surface area contributed by atoms with Crippen LogP contribution in [0, 0.1) is 0 Å². The van der Waals surface area contributed by atoms with Crippen LogP contribution < -0.4 is 4.74 Å². The van der Waals surface area contributed by atoms with Crippen LogP contribution in [0.5, 0.6) is 5.75 Å². The first-order chi connectivity index (χ1) is 9.36. The fourth-order valence-electron chi connectivity index (χ4n) is 1.57. The van der Waals surface area contributed by atoms with Gasteiger partial charge in [0.25, 0.3) is 9.58 Å². The molecule has 0 spiro atoms. The van der Waals surface area contributed by atoms with Gasteiger partial charge in [-0.25, -0.2) is 0 Å². The Morgan fingerprint density at radius 2 is 1.65 bits per heavy atom. The third kappa shape index (κ3) is 3.72. The Kier molecular flexibility index (Phi) is 5.99. The fraction of sp³-hybridized carbons (Fsp3) is 0.308. The number of hydrogen-bond acceptors (Lipinski definition) is 4. The molecule has 1 rings (SSSR count). The molecule has 4 nitrogen and oxygen atoms in total. The maximum Gasteiger partial charge on any atom is 0.256 e. The normalized spacial score (nSPS) is 12.5.